The highest BCUT2D eigenvalue weighted by atomic mass is 16.4. The number of carboxylic acids is 1. The van der Waals surface area contributed by atoms with Gasteiger partial charge in [-0.05, 0) is 12.8 Å². The molecule has 1 rings (SSSR count). The zero-order valence-electron chi connectivity index (χ0n) is 9.22. The monoisotopic (exact) mass is 242 g/mol. The number of likely N-dealkylation sites (tertiary alicyclic amines) is 1. The van der Waals surface area contributed by atoms with E-state index < -0.39 is 12.0 Å². The van der Waals surface area contributed by atoms with Gasteiger partial charge in [0.1, 0.15) is 6.04 Å². The molecule has 7 nitrogen and oxygen atoms in total. The summed E-state index contributed by atoms with van der Waals surface area (Å²) in [7, 11) is 0. The van der Waals surface area contributed by atoms with Crippen molar-refractivity contribution in [2.45, 2.75) is 31.7 Å². The lowest BCUT2D eigenvalue weighted by molar-refractivity contribution is -0.140. The van der Waals surface area contributed by atoms with Crippen molar-refractivity contribution in [1.29, 1.82) is 0 Å². The maximum absolute atomic E-state index is 11.2. The van der Waals surface area contributed by atoms with Gasteiger partial charge in [-0.1, -0.05) is 0 Å². The highest BCUT2D eigenvalue weighted by Crippen LogP contribution is 2.12. The van der Waals surface area contributed by atoms with Crippen LogP contribution in [0, 0.1) is 0 Å². The standard InChI is InChI=1S/C10H14N2O5/c13-6-11-7(10(16)17)2-1-5-12-8(14)3-4-9(12)15/h6-7H,1-5H2,(H,11,13)(H,16,17). The van der Waals surface area contributed by atoms with Gasteiger partial charge < -0.3 is 10.4 Å². The Hall–Kier alpha value is -1.92. The average molecular weight is 242 g/mol. The number of carbonyl (C=O) groups excluding carboxylic acids is 3. The highest BCUT2D eigenvalue weighted by molar-refractivity contribution is 6.01. The maximum Gasteiger partial charge on any atom is 0.326 e. The summed E-state index contributed by atoms with van der Waals surface area (Å²) < 4.78 is 0. The molecule has 0 saturated carbocycles. The minimum Gasteiger partial charge on any atom is -0.480 e. The number of carboxylic acid groups (broad SMARTS) is 1. The third-order valence-corrected chi connectivity index (χ3v) is 2.60. The van der Waals surface area contributed by atoms with Crippen LogP contribution >= 0.6 is 0 Å². The molecule has 1 heterocycles. The molecule has 7 heteroatoms. The Balaban J connectivity index is 2.35. The number of rotatable bonds is 7. The highest BCUT2D eigenvalue weighted by Gasteiger charge is 2.28. The lowest BCUT2D eigenvalue weighted by atomic mass is 10.1. The average Bonchev–Trinajstić information content (AvgIpc) is 2.58. The van der Waals surface area contributed by atoms with Crippen molar-refractivity contribution in [3.8, 4) is 0 Å². The fourth-order valence-electron chi connectivity index (χ4n) is 1.69. The summed E-state index contributed by atoms with van der Waals surface area (Å²) >= 11 is 0. The molecule has 2 N–H and O–H groups in total. The molecule has 0 aromatic rings. The van der Waals surface area contributed by atoms with Crippen LogP contribution in [0.2, 0.25) is 0 Å². The van der Waals surface area contributed by atoms with Gasteiger partial charge in [0, 0.05) is 19.4 Å². The Morgan fingerprint density at radius 3 is 2.47 bits per heavy atom. The van der Waals surface area contributed by atoms with E-state index in [1.165, 1.54) is 0 Å². The summed E-state index contributed by atoms with van der Waals surface area (Å²) in [5, 5.41) is 10.9. The SMILES string of the molecule is O=CNC(CCCN1C(=O)CCC1=O)C(=O)O. The molecule has 1 unspecified atom stereocenters. The normalized spacial score (nSPS) is 17.1. The molecule has 94 valence electrons. The molecule has 0 spiro atoms. The van der Waals surface area contributed by atoms with Crippen LogP contribution < -0.4 is 5.32 Å². The van der Waals surface area contributed by atoms with Crippen molar-refractivity contribution >= 4 is 24.2 Å². The Kier molecular flexibility index (Phi) is 4.62. The number of hydrogen-bond donors (Lipinski definition) is 2. The molecule has 0 radical (unpaired) electrons. The first-order valence-corrected chi connectivity index (χ1v) is 5.32. The van der Waals surface area contributed by atoms with Gasteiger partial charge in [-0.3, -0.25) is 19.3 Å². The van der Waals surface area contributed by atoms with Crippen LogP contribution in [0.4, 0.5) is 0 Å². The molecular weight excluding hydrogens is 228 g/mol. The van der Waals surface area contributed by atoms with Gasteiger partial charge in [0.05, 0.1) is 0 Å². The van der Waals surface area contributed by atoms with E-state index in [4.69, 9.17) is 5.11 Å². The summed E-state index contributed by atoms with van der Waals surface area (Å²) in [5.74, 6) is -1.56. The van der Waals surface area contributed by atoms with Crippen LogP contribution in [0.1, 0.15) is 25.7 Å². The van der Waals surface area contributed by atoms with E-state index in [0.29, 0.717) is 12.8 Å². The molecule has 17 heavy (non-hydrogen) atoms. The number of nitrogens with zero attached hydrogens (tertiary/aromatic N) is 1. The zero-order valence-corrected chi connectivity index (χ0v) is 9.22. The molecule has 0 aromatic carbocycles. The Labute approximate surface area is 97.8 Å². The van der Waals surface area contributed by atoms with E-state index in [1.807, 2.05) is 0 Å². The summed E-state index contributed by atoms with van der Waals surface area (Å²) in [5.41, 5.74) is 0. The van der Waals surface area contributed by atoms with Crippen molar-refractivity contribution in [3.05, 3.63) is 0 Å². The van der Waals surface area contributed by atoms with Gasteiger partial charge in [0.25, 0.3) is 0 Å². The number of amides is 3. The van der Waals surface area contributed by atoms with Crippen molar-refractivity contribution in [1.82, 2.24) is 10.2 Å². The lowest BCUT2D eigenvalue weighted by Crippen LogP contribution is -2.37. The summed E-state index contributed by atoms with van der Waals surface area (Å²) in [6.07, 6.45) is 1.33. The quantitative estimate of drug-likeness (QED) is 0.445. The number of aliphatic carboxylic acids is 1. The molecule has 0 aromatic heterocycles. The molecule has 1 fully saturated rings. The predicted molar refractivity (Wildman–Crippen MR) is 55.8 cm³/mol. The first-order valence-electron chi connectivity index (χ1n) is 5.32. The molecular formula is C10H14N2O5. The van der Waals surface area contributed by atoms with Crippen LogP contribution in [0.25, 0.3) is 0 Å². The van der Waals surface area contributed by atoms with E-state index in [2.05, 4.69) is 5.32 Å². The predicted octanol–water partition coefficient (Wildman–Crippen LogP) is -0.885. The fraction of sp³-hybridized carbons (Fsp3) is 0.600. The van der Waals surface area contributed by atoms with Crippen LogP contribution in [-0.2, 0) is 19.2 Å². The largest absolute Gasteiger partial charge is 0.480 e. The maximum atomic E-state index is 11.2. The first-order chi connectivity index (χ1) is 8.06. The Bertz CT molecular complexity index is 326. The molecule has 1 saturated heterocycles. The molecule has 1 atom stereocenters. The number of hydrogen-bond acceptors (Lipinski definition) is 4. The third kappa shape index (κ3) is 3.54. The number of imide groups is 1. The van der Waals surface area contributed by atoms with Gasteiger partial charge in [-0.25, -0.2) is 4.79 Å². The zero-order chi connectivity index (χ0) is 12.8. The summed E-state index contributed by atoms with van der Waals surface area (Å²) in [4.78, 5) is 44.4. The van der Waals surface area contributed by atoms with Crippen LogP contribution in [-0.4, -0.2) is 46.8 Å². The Morgan fingerprint density at radius 2 is 2.00 bits per heavy atom. The van der Waals surface area contributed by atoms with E-state index >= 15 is 0 Å². The molecule has 3 amide bonds. The smallest absolute Gasteiger partial charge is 0.326 e. The van der Waals surface area contributed by atoms with Gasteiger partial charge in [0.2, 0.25) is 18.2 Å². The molecule has 0 bridgehead atoms. The number of nitrogens with one attached hydrogen (secondary N) is 1. The summed E-state index contributed by atoms with van der Waals surface area (Å²) in [6, 6.07) is -0.972. The van der Waals surface area contributed by atoms with Crippen molar-refractivity contribution < 1.29 is 24.3 Å². The van der Waals surface area contributed by atoms with Gasteiger partial charge >= 0.3 is 5.97 Å². The van der Waals surface area contributed by atoms with Crippen LogP contribution in [0.5, 0.6) is 0 Å². The second-order valence-corrected chi connectivity index (χ2v) is 3.76. The van der Waals surface area contributed by atoms with Crippen molar-refractivity contribution in [2.24, 2.45) is 0 Å². The molecule has 0 aliphatic carbocycles. The first kappa shape index (κ1) is 13.1. The minimum atomic E-state index is -1.13. The number of carbonyl (C=O) groups is 4. The van der Waals surface area contributed by atoms with E-state index in [1.54, 1.807) is 0 Å². The van der Waals surface area contributed by atoms with E-state index in [0.717, 1.165) is 4.90 Å². The molecule has 1 aliphatic rings. The Morgan fingerprint density at radius 1 is 1.41 bits per heavy atom. The summed E-state index contributed by atoms with van der Waals surface area (Å²) in [6.45, 7) is 0.210. The van der Waals surface area contributed by atoms with Gasteiger partial charge in [0.15, 0.2) is 0 Å². The van der Waals surface area contributed by atoms with Crippen LogP contribution in [0.15, 0.2) is 0 Å². The second kappa shape index (κ2) is 5.97. The molecule has 1 aliphatic heterocycles. The van der Waals surface area contributed by atoms with Crippen molar-refractivity contribution in [3.63, 3.8) is 0 Å². The fourth-order valence-corrected chi connectivity index (χ4v) is 1.69. The van der Waals surface area contributed by atoms with Gasteiger partial charge in [-0.15, -0.1) is 0 Å². The minimum absolute atomic E-state index is 0.186. The lowest BCUT2D eigenvalue weighted by Gasteiger charge is -2.15. The second-order valence-electron chi connectivity index (χ2n) is 3.76. The third-order valence-electron chi connectivity index (χ3n) is 2.60. The van der Waals surface area contributed by atoms with E-state index in [9.17, 15) is 19.2 Å². The van der Waals surface area contributed by atoms with Gasteiger partial charge in [-0.2, -0.15) is 0 Å². The topological polar surface area (TPSA) is 104 Å². The van der Waals surface area contributed by atoms with Crippen molar-refractivity contribution in [2.75, 3.05) is 6.54 Å². The van der Waals surface area contributed by atoms with Crippen LogP contribution in [0.3, 0.4) is 0 Å². The van der Waals surface area contributed by atoms with E-state index in [-0.39, 0.29) is 37.6 Å².